The monoisotopic (exact) mass is 211 g/mol. The van der Waals surface area contributed by atoms with Gasteiger partial charge in [0.15, 0.2) is 0 Å². The zero-order valence-electron chi connectivity index (χ0n) is 8.42. The first kappa shape index (κ1) is 8.91. The summed E-state index contributed by atoms with van der Waals surface area (Å²) in [5, 5.41) is 8.52. The molecule has 0 aliphatic heterocycles. The van der Waals surface area contributed by atoms with E-state index < -0.39 is 0 Å². The molecule has 1 N–H and O–H groups in total. The van der Waals surface area contributed by atoms with Crippen LogP contribution in [0.4, 0.5) is 0 Å². The molecule has 0 fully saturated rings. The molecular formula is C12H9N3O. The van der Waals surface area contributed by atoms with Crippen LogP contribution in [0.15, 0.2) is 53.5 Å². The molecule has 0 radical (unpaired) electrons. The average Bonchev–Trinajstić information content (AvgIpc) is 2.75. The van der Waals surface area contributed by atoms with Gasteiger partial charge in [-0.3, -0.25) is 4.79 Å². The second-order valence-corrected chi connectivity index (χ2v) is 3.53. The molecule has 2 aromatic carbocycles. The van der Waals surface area contributed by atoms with E-state index in [9.17, 15) is 4.79 Å². The van der Waals surface area contributed by atoms with Gasteiger partial charge >= 0.3 is 0 Å². The highest BCUT2D eigenvalue weighted by Crippen LogP contribution is 2.19. The highest BCUT2D eigenvalue weighted by atomic mass is 16.1. The fourth-order valence-corrected chi connectivity index (χ4v) is 1.82. The van der Waals surface area contributed by atoms with Crippen molar-refractivity contribution in [2.45, 2.75) is 0 Å². The first-order chi connectivity index (χ1) is 7.86. The fraction of sp³-hybridized carbons (Fsp3) is 0. The molecule has 16 heavy (non-hydrogen) atoms. The van der Waals surface area contributed by atoms with Crippen LogP contribution in [0.5, 0.6) is 0 Å². The number of nitrogens with zero attached hydrogens (tertiary/aromatic N) is 2. The lowest BCUT2D eigenvalue weighted by Gasteiger charge is -2.05. The van der Waals surface area contributed by atoms with Crippen LogP contribution in [0, 0.1) is 0 Å². The molecule has 1 aromatic heterocycles. The van der Waals surface area contributed by atoms with Gasteiger partial charge < -0.3 is 0 Å². The lowest BCUT2D eigenvalue weighted by Crippen LogP contribution is -2.13. The number of hydrogen-bond acceptors (Lipinski definition) is 2. The minimum absolute atomic E-state index is 0.156. The molecule has 0 aliphatic carbocycles. The van der Waals surface area contributed by atoms with Crippen molar-refractivity contribution in [3.8, 4) is 5.69 Å². The van der Waals surface area contributed by atoms with Crippen LogP contribution < -0.4 is 5.56 Å². The molecule has 0 atom stereocenters. The SMILES string of the molecule is O=c1cn[nH]n1-c1cccc2ccccc12. The van der Waals surface area contributed by atoms with Gasteiger partial charge in [-0.2, -0.15) is 5.10 Å². The summed E-state index contributed by atoms with van der Waals surface area (Å²) >= 11 is 0. The van der Waals surface area contributed by atoms with Crippen LogP contribution in [0.2, 0.25) is 0 Å². The lowest BCUT2D eigenvalue weighted by molar-refractivity contribution is 0.790. The lowest BCUT2D eigenvalue weighted by atomic mass is 10.1. The van der Waals surface area contributed by atoms with Gasteiger partial charge in [0.1, 0.15) is 6.20 Å². The van der Waals surface area contributed by atoms with Gasteiger partial charge in [0.25, 0.3) is 5.56 Å². The van der Waals surface area contributed by atoms with Crippen LogP contribution in [-0.4, -0.2) is 15.0 Å². The Balaban J connectivity index is 2.41. The molecule has 0 saturated carbocycles. The van der Waals surface area contributed by atoms with Crippen LogP contribution in [-0.2, 0) is 0 Å². The highest BCUT2D eigenvalue weighted by molar-refractivity contribution is 5.89. The van der Waals surface area contributed by atoms with Crippen LogP contribution in [0.1, 0.15) is 0 Å². The zero-order chi connectivity index (χ0) is 11.0. The van der Waals surface area contributed by atoms with E-state index in [4.69, 9.17) is 0 Å². The topological polar surface area (TPSA) is 50.7 Å². The molecule has 0 bridgehead atoms. The van der Waals surface area contributed by atoms with E-state index in [1.807, 2.05) is 42.5 Å². The largest absolute Gasteiger partial charge is 0.291 e. The molecular weight excluding hydrogens is 202 g/mol. The summed E-state index contributed by atoms with van der Waals surface area (Å²) < 4.78 is 1.43. The molecule has 3 rings (SSSR count). The molecule has 0 saturated heterocycles. The zero-order valence-corrected chi connectivity index (χ0v) is 8.42. The molecule has 3 aromatic rings. The highest BCUT2D eigenvalue weighted by Gasteiger charge is 2.04. The van der Waals surface area contributed by atoms with Crippen molar-refractivity contribution >= 4 is 10.8 Å². The Morgan fingerprint density at radius 2 is 1.88 bits per heavy atom. The maximum Gasteiger partial charge on any atom is 0.291 e. The molecule has 4 heteroatoms. The quantitative estimate of drug-likeness (QED) is 0.666. The maximum absolute atomic E-state index is 11.5. The molecule has 78 valence electrons. The Morgan fingerprint density at radius 1 is 1.06 bits per heavy atom. The Bertz CT molecular complexity index is 691. The minimum Gasteiger partial charge on any atom is -0.266 e. The minimum atomic E-state index is -0.156. The van der Waals surface area contributed by atoms with Gasteiger partial charge in [0.2, 0.25) is 0 Å². The van der Waals surface area contributed by atoms with E-state index in [-0.39, 0.29) is 5.56 Å². The van der Waals surface area contributed by atoms with Gasteiger partial charge in [-0.05, 0) is 11.5 Å². The average molecular weight is 211 g/mol. The number of nitrogens with one attached hydrogen (secondary N) is 1. The van der Waals surface area contributed by atoms with Crippen molar-refractivity contribution < 1.29 is 0 Å². The van der Waals surface area contributed by atoms with Crippen molar-refractivity contribution in [2.24, 2.45) is 0 Å². The van der Waals surface area contributed by atoms with Crippen LogP contribution in [0.25, 0.3) is 16.5 Å². The van der Waals surface area contributed by atoms with E-state index in [0.717, 1.165) is 16.5 Å². The Kier molecular flexibility index (Phi) is 1.86. The summed E-state index contributed by atoms with van der Waals surface area (Å²) in [6, 6.07) is 13.8. The smallest absolute Gasteiger partial charge is 0.266 e. The van der Waals surface area contributed by atoms with E-state index in [0.29, 0.717) is 0 Å². The van der Waals surface area contributed by atoms with E-state index >= 15 is 0 Å². The predicted molar refractivity (Wildman–Crippen MR) is 61.7 cm³/mol. The van der Waals surface area contributed by atoms with Crippen LogP contribution >= 0.6 is 0 Å². The molecule has 0 aliphatic rings. The number of aromatic nitrogens is 3. The van der Waals surface area contributed by atoms with Crippen LogP contribution in [0.3, 0.4) is 0 Å². The van der Waals surface area contributed by atoms with Crippen molar-refractivity contribution in [1.29, 1.82) is 0 Å². The van der Waals surface area contributed by atoms with Crippen molar-refractivity contribution in [1.82, 2.24) is 15.0 Å². The third-order valence-electron chi connectivity index (χ3n) is 2.56. The Labute approximate surface area is 91.1 Å². The number of rotatable bonds is 1. The first-order valence-corrected chi connectivity index (χ1v) is 4.97. The summed E-state index contributed by atoms with van der Waals surface area (Å²) in [7, 11) is 0. The Morgan fingerprint density at radius 3 is 2.69 bits per heavy atom. The van der Waals surface area contributed by atoms with E-state index in [1.165, 1.54) is 10.9 Å². The Hall–Kier alpha value is -2.36. The predicted octanol–water partition coefficient (Wildman–Crippen LogP) is 1.71. The van der Waals surface area contributed by atoms with Gasteiger partial charge in [-0.15, -0.1) is 0 Å². The summed E-state index contributed by atoms with van der Waals surface area (Å²) in [4.78, 5) is 11.5. The summed E-state index contributed by atoms with van der Waals surface area (Å²) in [6.07, 6.45) is 1.27. The summed E-state index contributed by atoms with van der Waals surface area (Å²) in [6.45, 7) is 0. The summed E-state index contributed by atoms with van der Waals surface area (Å²) in [5.41, 5.74) is 0.664. The van der Waals surface area contributed by atoms with E-state index in [1.54, 1.807) is 0 Å². The molecule has 1 heterocycles. The van der Waals surface area contributed by atoms with Crippen molar-refractivity contribution in [3.63, 3.8) is 0 Å². The molecule has 0 spiro atoms. The van der Waals surface area contributed by atoms with E-state index in [2.05, 4.69) is 10.3 Å². The van der Waals surface area contributed by atoms with Crippen molar-refractivity contribution in [2.75, 3.05) is 0 Å². The number of H-pyrrole nitrogens is 1. The standard InChI is InChI=1S/C12H9N3O/c16-12-8-13-14-15(12)11-7-3-5-9-4-1-2-6-10(9)11/h1-8,14H. The molecule has 0 unspecified atom stereocenters. The second-order valence-electron chi connectivity index (χ2n) is 3.53. The summed E-state index contributed by atoms with van der Waals surface area (Å²) in [5.74, 6) is 0. The third-order valence-corrected chi connectivity index (χ3v) is 2.56. The third kappa shape index (κ3) is 1.24. The van der Waals surface area contributed by atoms with Gasteiger partial charge in [0, 0.05) is 5.39 Å². The fourth-order valence-electron chi connectivity index (χ4n) is 1.82. The number of benzene rings is 2. The normalized spacial score (nSPS) is 10.8. The molecule has 0 amide bonds. The number of aromatic amines is 1. The number of fused-ring (bicyclic) bond motifs is 1. The molecule has 4 nitrogen and oxygen atoms in total. The van der Waals surface area contributed by atoms with Gasteiger partial charge in [-0.1, -0.05) is 36.4 Å². The first-order valence-electron chi connectivity index (χ1n) is 4.97. The van der Waals surface area contributed by atoms with Crippen molar-refractivity contribution in [3.05, 3.63) is 59.0 Å². The maximum atomic E-state index is 11.5. The van der Waals surface area contributed by atoms with Gasteiger partial charge in [-0.25, -0.2) is 9.90 Å². The second kappa shape index (κ2) is 3.34. The van der Waals surface area contributed by atoms with Gasteiger partial charge in [0.05, 0.1) is 5.69 Å². The number of hydrogen-bond donors (Lipinski definition) is 1.